The lowest BCUT2D eigenvalue weighted by Gasteiger charge is -2.18. The molecule has 0 N–H and O–H groups in total. The predicted octanol–water partition coefficient (Wildman–Crippen LogP) is 2.86. The fourth-order valence-electron chi connectivity index (χ4n) is 1.88. The molecule has 0 spiro atoms. The van der Waals surface area contributed by atoms with Crippen LogP contribution in [-0.2, 0) is 23.6 Å². The van der Waals surface area contributed by atoms with E-state index in [0.29, 0.717) is 5.02 Å². The number of halogens is 2. The van der Waals surface area contributed by atoms with E-state index in [9.17, 15) is 8.42 Å². The molecule has 1 heterocycles. The summed E-state index contributed by atoms with van der Waals surface area (Å²) in [6.07, 6.45) is 1.66. The summed E-state index contributed by atoms with van der Waals surface area (Å²) in [6, 6.07) is 4.33. The molecule has 21 heavy (non-hydrogen) atoms. The van der Waals surface area contributed by atoms with Crippen molar-refractivity contribution in [3.8, 4) is 0 Å². The van der Waals surface area contributed by atoms with Crippen molar-refractivity contribution in [2.24, 2.45) is 7.05 Å². The van der Waals surface area contributed by atoms with Gasteiger partial charge in [-0.15, -0.1) is 0 Å². The first kappa shape index (κ1) is 16.3. The van der Waals surface area contributed by atoms with Gasteiger partial charge in [0.25, 0.3) is 0 Å². The van der Waals surface area contributed by atoms with Crippen LogP contribution in [0.25, 0.3) is 0 Å². The topological polar surface area (TPSA) is 55.2 Å². The second-order valence-electron chi connectivity index (χ2n) is 4.71. The van der Waals surface area contributed by atoms with Crippen molar-refractivity contribution in [3.05, 3.63) is 45.7 Å². The van der Waals surface area contributed by atoms with Crippen LogP contribution in [0.15, 0.2) is 29.3 Å². The van der Waals surface area contributed by atoms with Crippen LogP contribution in [0.4, 0.5) is 0 Å². The monoisotopic (exact) mass is 347 g/mol. The maximum Gasteiger partial charge on any atom is 0.244 e. The summed E-state index contributed by atoms with van der Waals surface area (Å²) in [5, 5.41) is 4.61. The fourth-order valence-corrected chi connectivity index (χ4v) is 3.77. The smallest absolute Gasteiger partial charge is 0.244 e. The molecule has 8 heteroatoms. The highest BCUT2D eigenvalue weighted by Crippen LogP contribution is 2.27. The summed E-state index contributed by atoms with van der Waals surface area (Å²) in [7, 11) is -0.371. The van der Waals surface area contributed by atoms with Gasteiger partial charge >= 0.3 is 0 Å². The van der Waals surface area contributed by atoms with E-state index in [4.69, 9.17) is 23.2 Å². The Morgan fingerprint density at radius 3 is 2.52 bits per heavy atom. The Hall–Kier alpha value is -1.08. The molecule has 0 radical (unpaired) electrons. The van der Waals surface area contributed by atoms with Crippen LogP contribution < -0.4 is 0 Å². The summed E-state index contributed by atoms with van der Waals surface area (Å²) < 4.78 is 28.1. The largest absolute Gasteiger partial charge is 0.273 e. The first-order valence-corrected chi connectivity index (χ1v) is 8.32. The molecule has 114 valence electrons. The van der Waals surface area contributed by atoms with Gasteiger partial charge in [0, 0.05) is 36.9 Å². The van der Waals surface area contributed by atoms with Crippen LogP contribution in [0.3, 0.4) is 0 Å². The van der Waals surface area contributed by atoms with E-state index in [2.05, 4.69) is 5.10 Å². The lowest BCUT2D eigenvalue weighted by Crippen LogP contribution is -2.27. The highest BCUT2D eigenvalue weighted by Gasteiger charge is 2.24. The van der Waals surface area contributed by atoms with Crippen molar-refractivity contribution in [1.29, 1.82) is 0 Å². The molecule has 0 saturated heterocycles. The first-order chi connectivity index (χ1) is 9.73. The van der Waals surface area contributed by atoms with Crippen LogP contribution in [0.2, 0.25) is 10.0 Å². The van der Waals surface area contributed by atoms with Gasteiger partial charge in [-0.25, -0.2) is 8.42 Å². The lowest BCUT2D eigenvalue weighted by molar-refractivity contribution is 0.465. The van der Waals surface area contributed by atoms with Gasteiger partial charge in [-0.3, -0.25) is 4.68 Å². The Morgan fingerprint density at radius 1 is 1.33 bits per heavy atom. The molecule has 0 amide bonds. The first-order valence-electron chi connectivity index (χ1n) is 6.12. The molecule has 0 bridgehead atoms. The van der Waals surface area contributed by atoms with Crippen molar-refractivity contribution in [2.75, 3.05) is 7.05 Å². The number of aryl methyl sites for hydroxylation is 1. The normalized spacial score (nSPS) is 12.1. The Kier molecular flexibility index (Phi) is 4.63. The van der Waals surface area contributed by atoms with Gasteiger partial charge in [0.1, 0.15) is 4.90 Å². The minimum Gasteiger partial charge on any atom is -0.273 e. The minimum atomic E-state index is -3.69. The van der Waals surface area contributed by atoms with Gasteiger partial charge < -0.3 is 0 Å². The third-order valence-electron chi connectivity index (χ3n) is 3.31. The minimum absolute atomic E-state index is 0.0395. The van der Waals surface area contributed by atoms with E-state index in [-0.39, 0.29) is 16.5 Å². The van der Waals surface area contributed by atoms with Crippen LogP contribution >= 0.6 is 23.2 Å². The number of nitrogens with zero attached hydrogens (tertiary/aromatic N) is 3. The number of sulfonamides is 1. The van der Waals surface area contributed by atoms with Crippen molar-refractivity contribution in [2.45, 2.75) is 18.4 Å². The zero-order valence-electron chi connectivity index (χ0n) is 11.8. The van der Waals surface area contributed by atoms with E-state index >= 15 is 0 Å². The third-order valence-corrected chi connectivity index (χ3v) is 5.83. The number of hydrogen-bond donors (Lipinski definition) is 0. The van der Waals surface area contributed by atoms with Crippen LogP contribution in [0.5, 0.6) is 0 Å². The average Bonchev–Trinajstić information content (AvgIpc) is 2.70. The van der Waals surface area contributed by atoms with E-state index in [1.807, 2.05) is 14.0 Å². The third kappa shape index (κ3) is 3.23. The Morgan fingerprint density at radius 2 is 2.00 bits per heavy atom. The predicted molar refractivity (Wildman–Crippen MR) is 83.1 cm³/mol. The zero-order chi connectivity index (χ0) is 15.8. The quantitative estimate of drug-likeness (QED) is 0.854. The Labute approximate surface area is 134 Å². The lowest BCUT2D eigenvalue weighted by atomic mass is 10.3. The standard InChI is InChI=1S/C13H15Cl2N3O2S/c1-9-10(7-16-18(9)3)8-17(2)21(19,20)13-5-4-11(14)6-12(13)15/h4-7H,8H2,1-3H3. The van der Waals surface area contributed by atoms with E-state index in [0.717, 1.165) is 11.3 Å². The highest BCUT2D eigenvalue weighted by molar-refractivity contribution is 7.89. The van der Waals surface area contributed by atoms with Crippen molar-refractivity contribution >= 4 is 33.2 Å². The molecule has 1 aromatic carbocycles. The fraction of sp³-hybridized carbons (Fsp3) is 0.308. The summed E-state index contributed by atoms with van der Waals surface area (Å²) in [4.78, 5) is 0.0395. The number of hydrogen-bond acceptors (Lipinski definition) is 3. The molecule has 1 aromatic heterocycles. The van der Waals surface area contributed by atoms with Crippen molar-refractivity contribution in [1.82, 2.24) is 14.1 Å². The van der Waals surface area contributed by atoms with Crippen molar-refractivity contribution < 1.29 is 8.42 Å². The van der Waals surface area contributed by atoms with Gasteiger partial charge in [-0.2, -0.15) is 9.40 Å². The molecule has 2 aromatic rings. The molecule has 5 nitrogen and oxygen atoms in total. The number of rotatable bonds is 4. The molecule has 0 fully saturated rings. The summed E-state index contributed by atoms with van der Waals surface area (Å²) in [5.41, 5.74) is 1.76. The SMILES string of the molecule is Cc1c(CN(C)S(=O)(=O)c2ccc(Cl)cc2Cl)cnn1C. The molecule has 0 aliphatic heterocycles. The van der Waals surface area contributed by atoms with Crippen LogP contribution in [0.1, 0.15) is 11.3 Å². The molecule has 0 unspecified atom stereocenters. The van der Waals surface area contributed by atoms with E-state index < -0.39 is 10.0 Å². The molecular weight excluding hydrogens is 333 g/mol. The molecule has 0 aliphatic carbocycles. The van der Waals surface area contributed by atoms with Gasteiger partial charge in [0.05, 0.1) is 11.2 Å². The average molecular weight is 348 g/mol. The molecule has 2 rings (SSSR count). The molecular formula is C13H15Cl2N3O2S. The van der Waals surface area contributed by atoms with E-state index in [1.54, 1.807) is 10.9 Å². The number of benzene rings is 1. The summed E-state index contributed by atoms with van der Waals surface area (Å²) in [6.45, 7) is 2.11. The van der Waals surface area contributed by atoms with E-state index in [1.165, 1.54) is 29.6 Å². The summed E-state index contributed by atoms with van der Waals surface area (Å²) in [5.74, 6) is 0. The van der Waals surface area contributed by atoms with Crippen LogP contribution in [0, 0.1) is 6.92 Å². The second-order valence-corrected chi connectivity index (χ2v) is 7.57. The maximum atomic E-state index is 12.6. The zero-order valence-corrected chi connectivity index (χ0v) is 14.2. The Balaban J connectivity index is 2.33. The van der Waals surface area contributed by atoms with Gasteiger partial charge in [-0.1, -0.05) is 23.2 Å². The van der Waals surface area contributed by atoms with Gasteiger partial charge in [0.2, 0.25) is 10.0 Å². The molecule has 0 saturated carbocycles. The van der Waals surface area contributed by atoms with Gasteiger partial charge in [0.15, 0.2) is 0 Å². The number of aromatic nitrogens is 2. The second kappa shape index (κ2) is 5.96. The van der Waals surface area contributed by atoms with Crippen LogP contribution in [-0.4, -0.2) is 29.6 Å². The maximum absolute atomic E-state index is 12.6. The van der Waals surface area contributed by atoms with Crippen molar-refractivity contribution in [3.63, 3.8) is 0 Å². The highest BCUT2D eigenvalue weighted by atomic mass is 35.5. The van der Waals surface area contributed by atoms with Gasteiger partial charge in [-0.05, 0) is 25.1 Å². The summed E-state index contributed by atoms with van der Waals surface area (Å²) >= 11 is 11.8. The molecule has 0 atom stereocenters. The Bertz CT molecular complexity index is 772. The molecule has 0 aliphatic rings.